The van der Waals surface area contributed by atoms with Crippen LogP contribution in [0.2, 0.25) is 0 Å². The molecule has 0 bridgehead atoms. The standard InChI is InChI=1S/C22H24N2O2S/c1-13-10-15(3)21-17(11-13)14(2)12-20(24-21)27-16(4)22(25)23-18-8-6-7-9-19(18)26-5/h6-12,16H,1-5H3,(H,23,25). The second kappa shape index (κ2) is 8.01. The number of benzene rings is 2. The molecule has 1 N–H and O–H groups in total. The lowest BCUT2D eigenvalue weighted by Gasteiger charge is -2.15. The number of anilines is 1. The van der Waals surface area contributed by atoms with E-state index in [2.05, 4.69) is 44.3 Å². The SMILES string of the molecule is COc1ccccc1NC(=O)C(C)Sc1cc(C)c2cc(C)cc(C)c2n1. The molecule has 0 aliphatic heterocycles. The molecular weight excluding hydrogens is 356 g/mol. The lowest BCUT2D eigenvalue weighted by Crippen LogP contribution is -2.22. The minimum atomic E-state index is -0.287. The predicted molar refractivity (Wildman–Crippen MR) is 113 cm³/mol. The molecule has 140 valence electrons. The van der Waals surface area contributed by atoms with Crippen LogP contribution in [0, 0.1) is 20.8 Å². The normalized spacial score (nSPS) is 12.0. The molecule has 1 atom stereocenters. The van der Waals surface area contributed by atoms with Crippen LogP contribution < -0.4 is 10.1 Å². The Morgan fingerprint density at radius 2 is 1.85 bits per heavy atom. The third kappa shape index (κ3) is 4.25. The third-order valence-corrected chi connectivity index (χ3v) is 5.48. The molecule has 3 rings (SSSR count). The number of hydrogen-bond donors (Lipinski definition) is 1. The van der Waals surface area contributed by atoms with Crippen LogP contribution >= 0.6 is 11.8 Å². The van der Waals surface area contributed by atoms with Gasteiger partial charge in [0.1, 0.15) is 5.75 Å². The number of pyridine rings is 1. The Bertz CT molecular complexity index is 1000. The molecule has 5 heteroatoms. The summed E-state index contributed by atoms with van der Waals surface area (Å²) in [5, 5.41) is 4.68. The number of aromatic nitrogens is 1. The van der Waals surface area contributed by atoms with Crippen molar-refractivity contribution in [3.05, 3.63) is 59.2 Å². The van der Waals surface area contributed by atoms with Crippen molar-refractivity contribution in [2.45, 2.75) is 38.0 Å². The van der Waals surface area contributed by atoms with Gasteiger partial charge in [0.25, 0.3) is 0 Å². The fraction of sp³-hybridized carbons (Fsp3) is 0.273. The Hall–Kier alpha value is -2.53. The van der Waals surface area contributed by atoms with E-state index in [4.69, 9.17) is 9.72 Å². The van der Waals surface area contributed by atoms with Gasteiger partial charge in [-0.3, -0.25) is 4.79 Å². The number of rotatable bonds is 5. The highest BCUT2D eigenvalue weighted by molar-refractivity contribution is 8.00. The number of nitrogens with one attached hydrogen (secondary N) is 1. The number of carbonyl (C=O) groups is 1. The van der Waals surface area contributed by atoms with Crippen LogP contribution in [0.1, 0.15) is 23.6 Å². The van der Waals surface area contributed by atoms with Crippen LogP contribution in [-0.4, -0.2) is 23.3 Å². The molecule has 0 radical (unpaired) electrons. The average molecular weight is 381 g/mol. The summed E-state index contributed by atoms with van der Waals surface area (Å²) in [6.07, 6.45) is 0. The number of ether oxygens (including phenoxy) is 1. The molecule has 0 aliphatic rings. The van der Waals surface area contributed by atoms with Crippen molar-refractivity contribution in [1.82, 2.24) is 4.98 Å². The first kappa shape index (κ1) is 19.2. The summed E-state index contributed by atoms with van der Waals surface area (Å²) in [6.45, 7) is 8.15. The molecule has 27 heavy (non-hydrogen) atoms. The summed E-state index contributed by atoms with van der Waals surface area (Å²) >= 11 is 1.46. The van der Waals surface area contributed by atoms with Gasteiger partial charge >= 0.3 is 0 Å². The lowest BCUT2D eigenvalue weighted by atomic mass is 10.0. The zero-order chi connectivity index (χ0) is 19.6. The van der Waals surface area contributed by atoms with Crippen molar-refractivity contribution in [3.63, 3.8) is 0 Å². The minimum Gasteiger partial charge on any atom is -0.495 e. The van der Waals surface area contributed by atoms with Crippen molar-refractivity contribution in [2.24, 2.45) is 0 Å². The molecule has 1 unspecified atom stereocenters. The summed E-state index contributed by atoms with van der Waals surface area (Å²) in [6, 6.07) is 13.8. The zero-order valence-electron chi connectivity index (χ0n) is 16.3. The van der Waals surface area contributed by atoms with Gasteiger partial charge in [0, 0.05) is 5.39 Å². The van der Waals surface area contributed by atoms with Gasteiger partial charge in [-0.05, 0) is 63.1 Å². The Labute approximate surface area is 164 Å². The average Bonchev–Trinajstić information content (AvgIpc) is 2.63. The molecule has 0 saturated carbocycles. The van der Waals surface area contributed by atoms with E-state index in [1.807, 2.05) is 31.2 Å². The molecule has 0 saturated heterocycles. The van der Waals surface area contributed by atoms with E-state index in [0.29, 0.717) is 11.4 Å². The van der Waals surface area contributed by atoms with E-state index < -0.39 is 0 Å². The largest absolute Gasteiger partial charge is 0.495 e. The molecule has 3 aromatic rings. The van der Waals surface area contributed by atoms with Crippen LogP contribution in [0.5, 0.6) is 5.75 Å². The number of para-hydroxylation sites is 2. The Morgan fingerprint density at radius 1 is 1.11 bits per heavy atom. The van der Waals surface area contributed by atoms with Gasteiger partial charge in [-0.1, -0.05) is 35.5 Å². The molecule has 0 spiro atoms. The van der Waals surface area contributed by atoms with Crippen LogP contribution in [0.15, 0.2) is 47.5 Å². The smallest absolute Gasteiger partial charge is 0.237 e. The molecule has 2 aromatic carbocycles. The van der Waals surface area contributed by atoms with Crippen LogP contribution in [0.25, 0.3) is 10.9 Å². The Kier molecular flexibility index (Phi) is 5.71. The van der Waals surface area contributed by atoms with Crippen molar-refractivity contribution in [3.8, 4) is 5.75 Å². The quantitative estimate of drug-likeness (QED) is 0.611. The highest BCUT2D eigenvalue weighted by Gasteiger charge is 2.18. The van der Waals surface area contributed by atoms with Crippen molar-refractivity contribution in [2.75, 3.05) is 12.4 Å². The lowest BCUT2D eigenvalue weighted by molar-refractivity contribution is -0.115. The van der Waals surface area contributed by atoms with Gasteiger partial charge in [0.05, 0.1) is 28.6 Å². The fourth-order valence-corrected chi connectivity index (χ4v) is 4.01. The summed E-state index contributed by atoms with van der Waals surface area (Å²) in [4.78, 5) is 17.4. The number of fused-ring (bicyclic) bond motifs is 1. The molecular formula is C22H24N2O2S. The third-order valence-electron chi connectivity index (χ3n) is 4.46. The molecule has 4 nitrogen and oxygen atoms in total. The molecule has 1 amide bonds. The first-order valence-corrected chi connectivity index (χ1v) is 9.76. The highest BCUT2D eigenvalue weighted by atomic mass is 32.2. The van der Waals surface area contributed by atoms with Gasteiger partial charge in [0.15, 0.2) is 0 Å². The first-order chi connectivity index (χ1) is 12.9. The second-order valence-corrected chi connectivity index (χ2v) is 8.07. The van der Waals surface area contributed by atoms with Crippen LogP contribution in [-0.2, 0) is 4.79 Å². The molecule has 1 heterocycles. The van der Waals surface area contributed by atoms with Crippen LogP contribution in [0.3, 0.4) is 0 Å². The van der Waals surface area contributed by atoms with Crippen LogP contribution in [0.4, 0.5) is 5.69 Å². The second-order valence-electron chi connectivity index (χ2n) is 6.70. The van der Waals surface area contributed by atoms with E-state index in [1.54, 1.807) is 7.11 Å². The summed E-state index contributed by atoms with van der Waals surface area (Å²) in [5.41, 5.74) is 5.23. The Morgan fingerprint density at radius 3 is 2.59 bits per heavy atom. The van der Waals surface area contributed by atoms with E-state index in [9.17, 15) is 4.79 Å². The van der Waals surface area contributed by atoms with E-state index in [0.717, 1.165) is 16.1 Å². The fourth-order valence-electron chi connectivity index (χ4n) is 3.09. The van der Waals surface area contributed by atoms with Gasteiger partial charge in [-0.15, -0.1) is 0 Å². The summed E-state index contributed by atoms with van der Waals surface area (Å²) < 4.78 is 5.30. The van der Waals surface area contributed by atoms with Crippen molar-refractivity contribution in [1.29, 1.82) is 0 Å². The molecule has 0 fully saturated rings. The van der Waals surface area contributed by atoms with Gasteiger partial charge in [-0.25, -0.2) is 4.98 Å². The summed E-state index contributed by atoms with van der Waals surface area (Å²) in [7, 11) is 1.59. The maximum atomic E-state index is 12.6. The van der Waals surface area contributed by atoms with Crippen molar-refractivity contribution < 1.29 is 9.53 Å². The number of hydrogen-bond acceptors (Lipinski definition) is 4. The predicted octanol–water partition coefficient (Wildman–Crippen LogP) is 5.29. The monoisotopic (exact) mass is 380 g/mol. The van der Waals surface area contributed by atoms with Crippen molar-refractivity contribution >= 4 is 34.3 Å². The van der Waals surface area contributed by atoms with Gasteiger partial charge in [-0.2, -0.15) is 0 Å². The first-order valence-electron chi connectivity index (χ1n) is 8.88. The number of nitrogens with zero attached hydrogens (tertiary/aromatic N) is 1. The van der Waals surface area contributed by atoms with Gasteiger partial charge in [0.2, 0.25) is 5.91 Å². The molecule has 0 aliphatic carbocycles. The highest BCUT2D eigenvalue weighted by Crippen LogP contribution is 2.30. The summed E-state index contributed by atoms with van der Waals surface area (Å²) in [5.74, 6) is 0.568. The number of aryl methyl sites for hydroxylation is 3. The topological polar surface area (TPSA) is 51.2 Å². The zero-order valence-corrected chi connectivity index (χ0v) is 17.1. The van der Waals surface area contributed by atoms with E-state index in [1.165, 1.54) is 28.3 Å². The van der Waals surface area contributed by atoms with Gasteiger partial charge < -0.3 is 10.1 Å². The molecule has 1 aromatic heterocycles. The number of thioether (sulfide) groups is 1. The number of methoxy groups -OCH3 is 1. The van der Waals surface area contributed by atoms with E-state index >= 15 is 0 Å². The number of amides is 1. The minimum absolute atomic E-state index is 0.0790. The number of carbonyl (C=O) groups excluding carboxylic acids is 1. The Balaban J connectivity index is 1.81. The maximum absolute atomic E-state index is 12.6. The maximum Gasteiger partial charge on any atom is 0.237 e. The van der Waals surface area contributed by atoms with E-state index in [-0.39, 0.29) is 11.2 Å².